The van der Waals surface area contributed by atoms with Crippen LogP contribution in [0.5, 0.6) is 5.75 Å². The number of unbranched alkanes of at least 4 members (excludes halogenated alkanes) is 2. The third-order valence-corrected chi connectivity index (χ3v) is 6.95. The number of hydrogen-bond acceptors (Lipinski definition) is 5. The lowest BCUT2D eigenvalue weighted by Gasteiger charge is -2.29. The van der Waals surface area contributed by atoms with E-state index in [2.05, 4.69) is 12.2 Å². The number of nitrogens with zero attached hydrogens (tertiary/aromatic N) is 2. The largest absolute Gasteiger partial charge is 0.495 e. The first-order valence-electron chi connectivity index (χ1n) is 9.72. The molecule has 0 radical (unpaired) electrons. The van der Waals surface area contributed by atoms with Crippen LogP contribution in [0.3, 0.4) is 0 Å². The molecule has 1 amide bonds. The summed E-state index contributed by atoms with van der Waals surface area (Å²) in [5.74, 6) is 0.230. The number of hydrogen-bond donors (Lipinski definition) is 1. The molecule has 0 spiro atoms. The van der Waals surface area contributed by atoms with E-state index in [0.717, 1.165) is 32.4 Å². The molecule has 0 aliphatic carbocycles. The minimum absolute atomic E-state index is 0.0183. The van der Waals surface area contributed by atoms with Gasteiger partial charge in [-0.15, -0.1) is 0 Å². The molecule has 1 aliphatic rings. The lowest BCUT2D eigenvalue weighted by Crippen LogP contribution is -2.47. The van der Waals surface area contributed by atoms with E-state index in [9.17, 15) is 13.2 Å². The third kappa shape index (κ3) is 6.07. The number of carbonyl (C=O) groups is 1. The molecule has 28 heavy (non-hydrogen) atoms. The van der Waals surface area contributed by atoms with Crippen LogP contribution in [0.15, 0.2) is 23.1 Å². The van der Waals surface area contributed by atoms with Crippen molar-refractivity contribution < 1.29 is 17.9 Å². The summed E-state index contributed by atoms with van der Waals surface area (Å²) in [5, 5.41) is 3.53. The molecule has 1 aromatic carbocycles. The zero-order valence-electron chi connectivity index (χ0n) is 16.6. The molecule has 0 saturated carbocycles. The van der Waals surface area contributed by atoms with Crippen LogP contribution in [-0.4, -0.2) is 69.9 Å². The van der Waals surface area contributed by atoms with Gasteiger partial charge < -0.3 is 15.0 Å². The average Bonchev–Trinajstić information content (AvgIpc) is 2.70. The standard InChI is InChI=1S/C19H30ClN3O4S/c1-3-4-5-11-23(12-8-19(24)22-13-9-21-10-14-22)28(25,26)18-15-16(20)6-7-17(18)27-2/h6-7,15,21H,3-5,8-14H2,1-2H3. The topological polar surface area (TPSA) is 79.0 Å². The normalized spacial score (nSPS) is 15.1. The number of amides is 1. The first-order valence-corrected chi connectivity index (χ1v) is 11.5. The predicted molar refractivity (Wildman–Crippen MR) is 110 cm³/mol. The number of carbonyl (C=O) groups excluding carboxylic acids is 1. The van der Waals surface area contributed by atoms with Gasteiger partial charge in [0, 0.05) is 50.7 Å². The third-order valence-electron chi connectivity index (χ3n) is 4.80. The maximum Gasteiger partial charge on any atom is 0.246 e. The molecule has 1 saturated heterocycles. The van der Waals surface area contributed by atoms with Gasteiger partial charge in [-0.2, -0.15) is 4.31 Å². The van der Waals surface area contributed by atoms with Gasteiger partial charge in [-0.3, -0.25) is 4.79 Å². The number of sulfonamides is 1. The van der Waals surface area contributed by atoms with Crippen molar-refractivity contribution in [1.82, 2.24) is 14.5 Å². The minimum atomic E-state index is -3.83. The SMILES string of the molecule is CCCCCN(CCC(=O)N1CCNCC1)S(=O)(=O)c1cc(Cl)ccc1OC. The van der Waals surface area contributed by atoms with Crippen molar-refractivity contribution >= 4 is 27.5 Å². The lowest BCUT2D eigenvalue weighted by atomic mass is 10.2. The highest BCUT2D eigenvalue weighted by Gasteiger charge is 2.29. The molecule has 0 bridgehead atoms. The average molecular weight is 432 g/mol. The second-order valence-corrected chi connectivity index (χ2v) is 9.13. The molecule has 1 aromatic rings. The second kappa shape index (κ2) is 11.0. The Kier molecular flexibility index (Phi) is 9.01. The van der Waals surface area contributed by atoms with Gasteiger partial charge in [0.2, 0.25) is 15.9 Å². The Morgan fingerprint density at radius 2 is 1.96 bits per heavy atom. The van der Waals surface area contributed by atoms with Crippen LogP contribution in [0.25, 0.3) is 0 Å². The Morgan fingerprint density at radius 1 is 1.25 bits per heavy atom. The molecule has 9 heteroatoms. The fourth-order valence-electron chi connectivity index (χ4n) is 3.17. The summed E-state index contributed by atoms with van der Waals surface area (Å²) in [5.41, 5.74) is 0. The highest BCUT2D eigenvalue weighted by atomic mass is 35.5. The van der Waals surface area contributed by atoms with Crippen LogP contribution in [0.4, 0.5) is 0 Å². The molecule has 2 rings (SSSR count). The number of ether oxygens (including phenoxy) is 1. The van der Waals surface area contributed by atoms with E-state index in [0.29, 0.717) is 24.7 Å². The van der Waals surface area contributed by atoms with Crippen molar-refractivity contribution in [3.05, 3.63) is 23.2 Å². The maximum absolute atomic E-state index is 13.3. The smallest absolute Gasteiger partial charge is 0.246 e. The van der Waals surface area contributed by atoms with Crippen molar-refractivity contribution in [1.29, 1.82) is 0 Å². The summed E-state index contributed by atoms with van der Waals surface area (Å²) in [6.07, 6.45) is 2.80. The highest BCUT2D eigenvalue weighted by Crippen LogP contribution is 2.30. The van der Waals surface area contributed by atoms with Gasteiger partial charge in [-0.05, 0) is 24.6 Å². The fraction of sp³-hybridized carbons (Fsp3) is 0.632. The Morgan fingerprint density at radius 3 is 2.61 bits per heavy atom. The number of piperazine rings is 1. The van der Waals surface area contributed by atoms with Crippen molar-refractivity contribution in [3.63, 3.8) is 0 Å². The van der Waals surface area contributed by atoms with E-state index in [1.54, 1.807) is 17.0 Å². The van der Waals surface area contributed by atoms with Gasteiger partial charge >= 0.3 is 0 Å². The molecule has 1 heterocycles. The van der Waals surface area contributed by atoms with Gasteiger partial charge in [0.1, 0.15) is 10.6 Å². The number of rotatable bonds is 10. The summed E-state index contributed by atoms with van der Waals surface area (Å²) in [6, 6.07) is 4.54. The molecular weight excluding hydrogens is 402 g/mol. The van der Waals surface area contributed by atoms with Crippen LogP contribution < -0.4 is 10.1 Å². The Bertz CT molecular complexity index is 752. The van der Waals surface area contributed by atoms with Crippen molar-refractivity contribution in [3.8, 4) is 5.75 Å². The summed E-state index contributed by atoms with van der Waals surface area (Å²) < 4.78 is 33.2. The summed E-state index contributed by atoms with van der Waals surface area (Å²) in [7, 11) is -2.40. The Hall–Kier alpha value is -1.35. The molecule has 0 atom stereocenters. The highest BCUT2D eigenvalue weighted by molar-refractivity contribution is 7.89. The number of benzene rings is 1. The van der Waals surface area contributed by atoms with E-state index in [-0.39, 0.29) is 29.5 Å². The second-order valence-electron chi connectivity index (χ2n) is 6.79. The van der Waals surface area contributed by atoms with Gasteiger partial charge in [-0.1, -0.05) is 31.4 Å². The minimum Gasteiger partial charge on any atom is -0.495 e. The van der Waals surface area contributed by atoms with E-state index < -0.39 is 10.0 Å². The predicted octanol–water partition coefficient (Wildman–Crippen LogP) is 2.35. The van der Waals surface area contributed by atoms with Crippen LogP contribution in [0.2, 0.25) is 5.02 Å². The lowest BCUT2D eigenvalue weighted by molar-refractivity contribution is -0.131. The van der Waals surface area contributed by atoms with E-state index >= 15 is 0 Å². The number of nitrogens with one attached hydrogen (secondary N) is 1. The Labute approximate surface area is 173 Å². The number of methoxy groups -OCH3 is 1. The molecule has 1 fully saturated rings. The summed E-state index contributed by atoms with van der Waals surface area (Å²) >= 11 is 6.04. The van der Waals surface area contributed by atoms with E-state index in [1.807, 2.05) is 0 Å². The van der Waals surface area contributed by atoms with Crippen LogP contribution in [-0.2, 0) is 14.8 Å². The number of halogens is 1. The zero-order valence-corrected chi connectivity index (χ0v) is 18.2. The molecule has 158 valence electrons. The molecule has 0 aromatic heterocycles. The summed E-state index contributed by atoms with van der Waals surface area (Å²) in [4.78, 5) is 14.3. The van der Waals surface area contributed by atoms with Crippen molar-refractivity contribution in [2.75, 3.05) is 46.4 Å². The first kappa shape index (κ1) is 22.9. The zero-order chi connectivity index (χ0) is 20.6. The monoisotopic (exact) mass is 431 g/mol. The molecule has 7 nitrogen and oxygen atoms in total. The summed E-state index contributed by atoms with van der Waals surface area (Å²) in [6.45, 7) is 5.42. The molecule has 1 N–H and O–H groups in total. The van der Waals surface area contributed by atoms with E-state index in [1.165, 1.54) is 17.5 Å². The van der Waals surface area contributed by atoms with Gasteiger partial charge in [-0.25, -0.2) is 8.42 Å². The van der Waals surface area contributed by atoms with Gasteiger partial charge in [0.15, 0.2) is 0 Å². The van der Waals surface area contributed by atoms with E-state index in [4.69, 9.17) is 16.3 Å². The van der Waals surface area contributed by atoms with Crippen LogP contribution in [0.1, 0.15) is 32.6 Å². The molecular formula is C19H30ClN3O4S. The molecule has 1 aliphatic heterocycles. The first-order chi connectivity index (χ1) is 13.4. The Balaban J connectivity index is 2.18. The van der Waals surface area contributed by atoms with Gasteiger partial charge in [0.25, 0.3) is 0 Å². The van der Waals surface area contributed by atoms with Crippen molar-refractivity contribution in [2.45, 2.75) is 37.5 Å². The molecule has 0 unspecified atom stereocenters. The van der Waals surface area contributed by atoms with Crippen molar-refractivity contribution in [2.24, 2.45) is 0 Å². The van der Waals surface area contributed by atoms with Gasteiger partial charge in [0.05, 0.1) is 7.11 Å². The maximum atomic E-state index is 13.3. The quantitative estimate of drug-likeness (QED) is 0.575. The fourth-order valence-corrected chi connectivity index (χ4v) is 5.07. The van der Waals surface area contributed by atoms with Crippen LogP contribution in [0, 0.1) is 0 Å². The van der Waals surface area contributed by atoms with Crippen LogP contribution >= 0.6 is 11.6 Å².